The van der Waals surface area contributed by atoms with Crippen molar-refractivity contribution in [3.63, 3.8) is 0 Å². The maximum atomic E-state index is 13.0. The number of carbonyl (C=O) groups excluding carboxylic acids is 1. The lowest BCUT2D eigenvalue weighted by Gasteiger charge is -2.36. The molecule has 5 heteroatoms. The van der Waals surface area contributed by atoms with Crippen molar-refractivity contribution in [2.75, 3.05) is 7.11 Å². The molecule has 0 fully saturated rings. The topological polar surface area (TPSA) is 65.0 Å². The van der Waals surface area contributed by atoms with E-state index in [1.807, 2.05) is 27.7 Å². The van der Waals surface area contributed by atoms with E-state index in [-0.39, 0.29) is 23.7 Å². The molecule has 1 aliphatic carbocycles. The van der Waals surface area contributed by atoms with Gasteiger partial charge >= 0.3 is 0 Å². The second-order valence-electron chi connectivity index (χ2n) is 6.16. The van der Waals surface area contributed by atoms with E-state index in [2.05, 4.69) is 0 Å². The number of ketones is 1. The molecule has 0 spiro atoms. The zero-order valence-corrected chi connectivity index (χ0v) is 15.3. The van der Waals surface area contributed by atoms with Gasteiger partial charge in [0.15, 0.2) is 11.4 Å². The Morgan fingerprint density at radius 3 is 1.96 bits per heavy atom. The first kappa shape index (κ1) is 19.3. The molecule has 0 bridgehead atoms. The fourth-order valence-electron chi connectivity index (χ4n) is 2.49. The van der Waals surface area contributed by atoms with Crippen molar-refractivity contribution >= 4 is 5.78 Å². The number of aliphatic hydroxyl groups is 1. The van der Waals surface area contributed by atoms with Crippen LogP contribution in [0.4, 0.5) is 0 Å². The highest BCUT2D eigenvalue weighted by Gasteiger charge is 2.50. The van der Waals surface area contributed by atoms with Crippen LogP contribution in [0.1, 0.15) is 48.5 Å². The first-order chi connectivity index (χ1) is 10.6. The third-order valence-corrected chi connectivity index (χ3v) is 3.75. The Labute approximate surface area is 138 Å². The Kier molecular flexibility index (Phi) is 6.05. The third kappa shape index (κ3) is 3.44. The van der Waals surface area contributed by atoms with Crippen molar-refractivity contribution in [1.82, 2.24) is 0 Å². The summed E-state index contributed by atoms with van der Waals surface area (Å²) in [4.78, 5) is 13.0. The molecule has 0 aliphatic heterocycles. The molecule has 1 N–H and O–H groups in total. The zero-order chi connectivity index (χ0) is 17.9. The molecule has 0 heterocycles. The van der Waals surface area contributed by atoms with E-state index < -0.39 is 11.4 Å². The molecule has 130 valence electrons. The Morgan fingerprint density at radius 2 is 1.57 bits per heavy atom. The predicted molar refractivity (Wildman–Crippen MR) is 88.6 cm³/mol. The minimum Gasteiger partial charge on any atom is -0.493 e. The van der Waals surface area contributed by atoms with Gasteiger partial charge in [-0.15, -0.1) is 0 Å². The number of hydrogen-bond acceptors (Lipinski definition) is 5. The van der Waals surface area contributed by atoms with Crippen molar-refractivity contribution in [3.05, 3.63) is 34.5 Å². The number of ether oxygens (including phenoxy) is 3. The second-order valence-corrected chi connectivity index (χ2v) is 6.16. The highest BCUT2D eigenvalue weighted by molar-refractivity contribution is 6.07. The molecule has 0 aromatic heterocycles. The van der Waals surface area contributed by atoms with Gasteiger partial charge in [0.2, 0.25) is 17.3 Å². The Hall–Kier alpha value is -1.75. The second kappa shape index (κ2) is 7.21. The molecule has 0 aromatic carbocycles. The summed E-state index contributed by atoms with van der Waals surface area (Å²) in [7, 11) is 1.48. The molecule has 0 saturated heterocycles. The van der Waals surface area contributed by atoms with Crippen LogP contribution in [0.2, 0.25) is 0 Å². The summed E-state index contributed by atoms with van der Waals surface area (Å²) < 4.78 is 16.9. The van der Waals surface area contributed by atoms with Gasteiger partial charge in [0.05, 0.1) is 19.3 Å². The first-order valence-corrected chi connectivity index (χ1v) is 7.85. The quantitative estimate of drug-likeness (QED) is 0.760. The van der Waals surface area contributed by atoms with E-state index in [0.717, 1.165) is 0 Å². The minimum absolute atomic E-state index is 0.000139. The Balaban J connectivity index is 3.67. The molecule has 1 atom stereocenters. The standard InChI is InChI=1S/C18H28O5/c1-9-12(6)18(20)13(7)14(21-8)15(22-10(2)3)16(17(18)19)23-11(4)5/h9-11,20H,1-8H3/b12-9+/t18-/m1/s1. The molecule has 1 aliphatic rings. The summed E-state index contributed by atoms with van der Waals surface area (Å²) in [5, 5.41) is 11.1. The number of carbonyl (C=O) groups is 1. The first-order valence-electron chi connectivity index (χ1n) is 7.85. The summed E-state index contributed by atoms with van der Waals surface area (Å²) in [6.45, 7) is 12.5. The molecule has 23 heavy (non-hydrogen) atoms. The average molecular weight is 324 g/mol. The van der Waals surface area contributed by atoms with Crippen molar-refractivity contribution in [2.24, 2.45) is 0 Å². The summed E-state index contributed by atoms with van der Waals surface area (Å²) in [6, 6.07) is 0. The van der Waals surface area contributed by atoms with Gasteiger partial charge in [-0.05, 0) is 54.0 Å². The van der Waals surface area contributed by atoms with Gasteiger partial charge in [-0.25, -0.2) is 0 Å². The van der Waals surface area contributed by atoms with Gasteiger partial charge in [-0.1, -0.05) is 6.08 Å². The molecule has 0 radical (unpaired) electrons. The van der Waals surface area contributed by atoms with Crippen molar-refractivity contribution in [3.8, 4) is 0 Å². The van der Waals surface area contributed by atoms with Crippen LogP contribution in [0.5, 0.6) is 0 Å². The normalized spacial score (nSPS) is 23.1. The van der Waals surface area contributed by atoms with E-state index in [1.54, 1.807) is 26.8 Å². The van der Waals surface area contributed by atoms with E-state index in [1.165, 1.54) is 7.11 Å². The Bertz CT molecular complexity index is 566. The lowest BCUT2D eigenvalue weighted by Crippen LogP contribution is -2.47. The molecule has 1 rings (SSSR count). The van der Waals surface area contributed by atoms with Gasteiger partial charge in [-0.2, -0.15) is 0 Å². The lowest BCUT2D eigenvalue weighted by atomic mass is 9.78. The largest absolute Gasteiger partial charge is 0.493 e. The Morgan fingerprint density at radius 1 is 1.09 bits per heavy atom. The summed E-state index contributed by atoms with van der Waals surface area (Å²) in [5.74, 6) is 0.0422. The van der Waals surface area contributed by atoms with Crippen LogP contribution in [0.25, 0.3) is 0 Å². The van der Waals surface area contributed by atoms with Gasteiger partial charge in [0, 0.05) is 5.57 Å². The SMILES string of the molecule is C/C=C(\C)[C@]1(O)C(=O)C(OC(C)C)=C(OC(C)C)C(OC)=C1C. The van der Waals surface area contributed by atoms with Crippen LogP contribution in [0, 0.1) is 0 Å². The van der Waals surface area contributed by atoms with Gasteiger partial charge in [-0.3, -0.25) is 4.79 Å². The molecule has 0 aromatic rings. The molecule has 5 nitrogen and oxygen atoms in total. The minimum atomic E-state index is -1.78. The smallest absolute Gasteiger partial charge is 0.241 e. The van der Waals surface area contributed by atoms with Gasteiger partial charge in [0.1, 0.15) is 0 Å². The fraction of sp³-hybridized carbons (Fsp3) is 0.611. The van der Waals surface area contributed by atoms with E-state index in [9.17, 15) is 9.90 Å². The summed E-state index contributed by atoms with van der Waals surface area (Å²) >= 11 is 0. The average Bonchev–Trinajstić information content (AvgIpc) is 2.48. The zero-order valence-electron chi connectivity index (χ0n) is 15.3. The number of rotatable bonds is 6. The van der Waals surface area contributed by atoms with E-state index in [0.29, 0.717) is 16.9 Å². The van der Waals surface area contributed by atoms with Crippen LogP contribution in [0.3, 0.4) is 0 Å². The number of allylic oxidation sites excluding steroid dienone is 1. The van der Waals surface area contributed by atoms with Crippen LogP contribution in [0.15, 0.2) is 34.5 Å². The maximum Gasteiger partial charge on any atom is 0.241 e. The summed E-state index contributed by atoms with van der Waals surface area (Å²) in [6.07, 6.45) is 1.29. The number of hydrogen-bond donors (Lipinski definition) is 1. The predicted octanol–water partition coefficient (Wildman–Crippen LogP) is 3.25. The van der Waals surface area contributed by atoms with Crippen LogP contribution < -0.4 is 0 Å². The van der Waals surface area contributed by atoms with E-state index in [4.69, 9.17) is 14.2 Å². The third-order valence-electron chi connectivity index (χ3n) is 3.75. The van der Waals surface area contributed by atoms with E-state index >= 15 is 0 Å². The monoisotopic (exact) mass is 324 g/mol. The van der Waals surface area contributed by atoms with Crippen molar-refractivity contribution < 1.29 is 24.1 Å². The van der Waals surface area contributed by atoms with Crippen molar-refractivity contribution in [1.29, 1.82) is 0 Å². The highest BCUT2D eigenvalue weighted by atomic mass is 16.6. The number of methoxy groups -OCH3 is 1. The van der Waals surface area contributed by atoms with Gasteiger partial charge < -0.3 is 19.3 Å². The highest BCUT2D eigenvalue weighted by Crippen LogP contribution is 2.40. The maximum absolute atomic E-state index is 13.0. The molecular formula is C18H28O5. The number of Topliss-reactive ketones (excluding diaryl/α,β-unsaturated/α-hetero) is 1. The van der Waals surface area contributed by atoms with Crippen LogP contribution >= 0.6 is 0 Å². The molecule has 0 saturated carbocycles. The van der Waals surface area contributed by atoms with Gasteiger partial charge in [0.25, 0.3) is 0 Å². The van der Waals surface area contributed by atoms with Crippen LogP contribution in [-0.4, -0.2) is 35.8 Å². The fourth-order valence-corrected chi connectivity index (χ4v) is 2.49. The molecule has 0 amide bonds. The molecule has 0 unspecified atom stereocenters. The lowest BCUT2D eigenvalue weighted by molar-refractivity contribution is -0.133. The molecular weight excluding hydrogens is 296 g/mol. The summed E-state index contributed by atoms with van der Waals surface area (Å²) in [5.41, 5.74) is -0.871. The van der Waals surface area contributed by atoms with Crippen molar-refractivity contribution in [2.45, 2.75) is 66.3 Å². The van der Waals surface area contributed by atoms with Crippen LogP contribution in [-0.2, 0) is 19.0 Å².